The van der Waals surface area contributed by atoms with Crippen molar-refractivity contribution in [3.8, 4) is 0 Å². The first-order valence-corrected chi connectivity index (χ1v) is 29.5. The molecule has 0 N–H and O–H groups in total. The van der Waals surface area contributed by atoms with Crippen molar-refractivity contribution < 1.29 is 28.6 Å². The third kappa shape index (κ3) is 57.9. The Bertz CT molecular complexity index is 1690. The minimum absolute atomic E-state index is 0.124. The Kier molecular flexibility index (Phi) is 56.5. The Balaban J connectivity index is 4.50. The van der Waals surface area contributed by atoms with Crippen LogP contribution in [0.1, 0.15) is 233 Å². The molecule has 0 saturated carbocycles. The van der Waals surface area contributed by atoms with Gasteiger partial charge in [-0.2, -0.15) is 0 Å². The van der Waals surface area contributed by atoms with Gasteiger partial charge < -0.3 is 14.2 Å². The summed E-state index contributed by atoms with van der Waals surface area (Å²) in [5, 5.41) is 0. The van der Waals surface area contributed by atoms with Gasteiger partial charge in [-0.25, -0.2) is 0 Å². The molecule has 0 fully saturated rings. The maximum absolute atomic E-state index is 12.8. The van der Waals surface area contributed by atoms with Gasteiger partial charge >= 0.3 is 17.9 Å². The summed E-state index contributed by atoms with van der Waals surface area (Å²) in [4.78, 5) is 38.1. The molecule has 0 aromatic heterocycles. The molecule has 6 heteroatoms. The number of hydrogen-bond acceptors (Lipinski definition) is 6. The normalized spacial score (nSPS) is 13.3. The van der Waals surface area contributed by atoms with Gasteiger partial charge in [0.2, 0.25) is 0 Å². The average Bonchev–Trinajstić information content (AvgIpc) is 3.40. The highest BCUT2D eigenvalue weighted by molar-refractivity contribution is 5.71. The first kappa shape index (κ1) is 69.0. The molecule has 74 heavy (non-hydrogen) atoms. The number of esters is 3. The van der Waals surface area contributed by atoms with Crippen molar-refractivity contribution in [3.05, 3.63) is 158 Å². The first-order chi connectivity index (χ1) is 36.5. The van der Waals surface area contributed by atoms with Crippen LogP contribution >= 0.6 is 0 Å². The molecule has 0 aliphatic heterocycles. The summed E-state index contributed by atoms with van der Waals surface area (Å²) in [5.41, 5.74) is 0. The van der Waals surface area contributed by atoms with Gasteiger partial charge in [-0.15, -0.1) is 0 Å². The summed E-state index contributed by atoms with van der Waals surface area (Å²) < 4.78 is 16.8. The second-order valence-electron chi connectivity index (χ2n) is 18.8. The zero-order valence-corrected chi connectivity index (χ0v) is 47.3. The van der Waals surface area contributed by atoms with E-state index in [1.807, 2.05) is 12.2 Å². The molecule has 0 spiro atoms. The van der Waals surface area contributed by atoms with Crippen LogP contribution in [0, 0.1) is 0 Å². The summed E-state index contributed by atoms with van der Waals surface area (Å²) >= 11 is 0. The lowest BCUT2D eigenvalue weighted by molar-refractivity contribution is -0.166. The van der Waals surface area contributed by atoms with E-state index < -0.39 is 12.1 Å². The minimum atomic E-state index is -0.836. The highest BCUT2D eigenvalue weighted by atomic mass is 16.6. The van der Waals surface area contributed by atoms with E-state index in [9.17, 15) is 14.4 Å². The van der Waals surface area contributed by atoms with Crippen molar-refractivity contribution in [2.75, 3.05) is 13.2 Å². The Morgan fingerprint density at radius 3 is 0.892 bits per heavy atom. The van der Waals surface area contributed by atoms with Gasteiger partial charge in [0, 0.05) is 19.3 Å². The fraction of sp³-hybridized carbons (Fsp3) is 0.574. The van der Waals surface area contributed by atoms with E-state index in [0.29, 0.717) is 19.3 Å². The zero-order chi connectivity index (χ0) is 53.6. The smallest absolute Gasteiger partial charge is 0.306 e. The monoisotopic (exact) mass is 1020 g/mol. The second-order valence-corrected chi connectivity index (χ2v) is 18.8. The number of rotatable bonds is 51. The summed E-state index contributed by atoms with van der Waals surface area (Å²) in [5.74, 6) is -1.04. The molecular formula is C68H106O6. The summed E-state index contributed by atoms with van der Waals surface area (Å²) in [6.45, 7) is 6.29. The molecule has 0 aromatic carbocycles. The maximum atomic E-state index is 12.8. The quantitative estimate of drug-likeness (QED) is 0.0261. The van der Waals surface area contributed by atoms with Gasteiger partial charge in [0.25, 0.3) is 0 Å². The first-order valence-electron chi connectivity index (χ1n) is 29.5. The molecule has 1 unspecified atom stereocenters. The van der Waals surface area contributed by atoms with Crippen molar-refractivity contribution in [2.24, 2.45) is 0 Å². The topological polar surface area (TPSA) is 78.9 Å². The van der Waals surface area contributed by atoms with Gasteiger partial charge in [-0.3, -0.25) is 14.4 Å². The standard InChI is InChI=1S/C68H106O6/c1-4-7-10-13-16-19-22-25-27-29-31-32-33-34-35-36-38-39-41-43-46-49-52-55-58-61-67(70)73-64-65(63-72-66(69)60-57-54-51-48-45-24-21-18-15-12-9-6-3)74-68(71)62-59-56-53-50-47-44-42-40-37-30-28-26-23-20-17-14-11-8-5-2/h7-8,10-11,16-21,25-28,31-32,34-35,37-40,44,47,53,56,65H,4-6,9,12-15,22-24,29-30,33,36,41-43,45-46,48-52,54-55,57-64H2,1-3H3/b10-7-,11-8-,19-16-,20-17-,21-18-,27-25-,28-26-,32-31-,35-34-,39-38-,40-37-,47-44-,56-53-. The van der Waals surface area contributed by atoms with Gasteiger partial charge in [-0.05, 0) is 135 Å². The highest BCUT2D eigenvalue weighted by Crippen LogP contribution is 2.13. The third-order valence-electron chi connectivity index (χ3n) is 11.8. The van der Waals surface area contributed by atoms with Crippen LogP contribution < -0.4 is 0 Å². The van der Waals surface area contributed by atoms with E-state index in [0.717, 1.165) is 141 Å². The van der Waals surface area contributed by atoms with E-state index >= 15 is 0 Å². The molecule has 0 heterocycles. The molecule has 0 radical (unpaired) electrons. The lowest BCUT2D eigenvalue weighted by Gasteiger charge is -2.18. The molecule has 0 rings (SSSR count). The Morgan fingerprint density at radius 1 is 0.284 bits per heavy atom. The van der Waals surface area contributed by atoms with Crippen molar-refractivity contribution in [1.29, 1.82) is 0 Å². The zero-order valence-electron chi connectivity index (χ0n) is 47.3. The number of carbonyl (C=O) groups excluding carboxylic acids is 3. The Labute approximate surface area is 454 Å². The predicted molar refractivity (Wildman–Crippen MR) is 320 cm³/mol. The van der Waals surface area contributed by atoms with Gasteiger partial charge in [-0.1, -0.05) is 237 Å². The molecular weight excluding hydrogens is 913 g/mol. The summed E-state index contributed by atoms with van der Waals surface area (Å²) in [6, 6.07) is 0. The molecule has 0 aliphatic carbocycles. The summed E-state index contributed by atoms with van der Waals surface area (Å²) in [7, 11) is 0. The van der Waals surface area contributed by atoms with Crippen LogP contribution in [0.2, 0.25) is 0 Å². The minimum Gasteiger partial charge on any atom is -0.462 e. The van der Waals surface area contributed by atoms with Crippen LogP contribution in [-0.2, 0) is 28.6 Å². The molecule has 1 atom stereocenters. The molecule has 0 amide bonds. The van der Waals surface area contributed by atoms with Crippen molar-refractivity contribution in [2.45, 2.75) is 239 Å². The van der Waals surface area contributed by atoms with E-state index in [4.69, 9.17) is 14.2 Å². The number of allylic oxidation sites excluding steroid dienone is 26. The fourth-order valence-electron chi connectivity index (χ4n) is 7.41. The van der Waals surface area contributed by atoms with E-state index in [-0.39, 0.29) is 31.6 Å². The third-order valence-corrected chi connectivity index (χ3v) is 11.8. The molecule has 6 nitrogen and oxygen atoms in total. The molecule has 0 saturated heterocycles. The average molecular weight is 1020 g/mol. The van der Waals surface area contributed by atoms with Crippen molar-refractivity contribution in [3.63, 3.8) is 0 Å². The summed E-state index contributed by atoms with van der Waals surface area (Å²) in [6.07, 6.45) is 88.2. The Morgan fingerprint density at radius 2 is 0.554 bits per heavy atom. The maximum Gasteiger partial charge on any atom is 0.306 e. The number of unbranched alkanes of at least 4 members (excludes halogenated alkanes) is 14. The second kappa shape index (κ2) is 60.6. The lowest BCUT2D eigenvalue weighted by atomic mass is 10.1. The van der Waals surface area contributed by atoms with Crippen LogP contribution in [-0.4, -0.2) is 37.2 Å². The number of hydrogen-bond donors (Lipinski definition) is 0. The Hall–Kier alpha value is -4.97. The van der Waals surface area contributed by atoms with Crippen molar-refractivity contribution >= 4 is 17.9 Å². The number of ether oxygens (including phenoxy) is 3. The van der Waals surface area contributed by atoms with Crippen LogP contribution in [0.5, 0.6) is 0 Å². The van der Waals surface area contributed by atoms with Gasteiger partial charge in [0.05, 0.1) is 0 Å². The molecule has 414 valence electrons. The molecule has 0 aromatic rings. The van der Waals surface area contributed by atoms with Crippen LogP contribution in [0.15, 0.2) is 158 Å². The largest absolute Gasteiger partial charge is 0.462 e. The predicted octanol–water partition coefficient (Wildman–Crippen LogP) is 20.1. The van der Waals surface area contributed by atoms with Crippen LogP contribution in [0.25, 0.3) is 0 Å². The molecule has 0 aliphatic rings. The SMILES string of the molecule is CC/C=C\C/C=C\C/C=C\C/C=C\C/C=C\C/C=C\CCCCCCCCC(=O)OCC(COC(=O)CCCCCCC/C=C\CCCCC)OC(=O)CC/C=C\C/C=C\C/C=C\C/C=C\C/C=C\C/C=C\CC. The molecule has 0 bridgehead atoms. The van der Waals surface area contributed by atoms with Gasteiger partial charge in [0.15, 0.2) is 6.10 Å². The lowest BCUT2D eigenvalue weighted by Crippen LogP contribution is -2.30. The van der Waals surface area contributed by atoms with E-state index in [2.05, 4.69) is 167 Å². The van der Waals surface area contributed by atoms with Crippen molar-refractivity contribution in [1.82, 2.24) is 0 Å². The highest BCUT2D eigenvalue weighted by Gasteiger charge is 2.19. The van der Waals surface area contributed by atoms with Crippen LogP contribution in [0.4, 0.5) is 0 Å². The van der Waals surface area contributed by atoms with E-state index in [1.54, 1.807) is 0 Å². The van der Waals surface area contributed by atoms with E-state index in [1.165, 1.54) is 44.9 Å². The fourth-order valence-corrected chi connectivity index (χ4v) is 7.41. The van der Waals surface area contributed by atoms with Gasteiger partial charge in [0.1, 0.15) is 13.2 Å². The van der Waals surface area contributed by atoms with Crippen LogP contribution in [0.3, 0.4) is 0 Å². The number of carbonyl (C=O) groups is 3.